The van der Waals surface area contributed by atoms with Crippen LogP contribution in [0, 0.1) is 23.1 Å². The molecule has 0 radical (unpaired) electrons. The molecule has 0 bridgehead atoms. The maximum absolute atomic E-state index is 17.4. The lowest BCUT2D eigenvalue weighted by molar-refractivity contribution is 0.0512. The molecule has 2 aliphatic heterocycles. The minimum Gasteiger partial charge on any atom is -0.468 e. The first-order chi connectivity index (χ1) is 26.7. The molecule has 9 nitrogen and oxygen atoms in total. The Morgan fingerprint density at radius 3 is 2.43 bits per heavy atom. The van der Waals surface area contributed by atoms with Gasteiger partial charge in [0.15, 0.2) is 12.6 Å². The van der Waals surface area contributed by atoms with Crippen LogP contribution in [-0.4, -0.2) is 99.5 Å². The van der Waals surface area contributed by atoms with Crippen molar-refractivity contribution < 1.29 is 32.1 Å². The van der Waals surface area contributed by atoms with Gasteiger partial charge in [-0.25, -0.2) is 13.2 Å². The van der Waals surface area contributed by atoms with Crippen molar-refractivity contribution in [3.63, 3.8) is 0 Å². The summed E-state index contributed by atoms with van der Waals surface area (Å²) in [5.41, 5.74) is 4.75. The van der Waals surface area contributed by atoms with Crippen LogP contribution in [-0.2, 0) is 9.47 Å². The highest BCUT2D eigenvalue weighted by molar-refractivity contribution is 6.90. The number of halogens is 3. The SMILES string of the molecule is COCOc1cc(-c2ncc3c(N(C)C4C[C@H]4F)nc(OC[C@@]45CCCN4C[C@H](OC)C5)nc3c2F)c2c(C#C[Si](C(C)C)(C(C)C)C(C)C)c(F)ccc2c1. The number of benzene rings is 2. The first-order valence-electron chi connectivity index (χ1n) is 19.8. The van der Waals surface area contributed by atoms with Gasteiger partial charge >= 0.3 is 6.01 Å². The van der Waals surface area contributed by atoms with E-state index in [1.165, 1.54) is 19.4 Å². The normalized spacial score (nSPS) is 22.3. The fourth-order valence-electron chi connectivity index (χ4n) is 9.61. The van der Waals surface area contributed by atoms with Gasteiger partial charge in [-0.3, -0.25) is 9.88 Å². The lowest BCUT2D eigenvalue weighted by Crippen LogP contribution is -2.43. The molecular weight excluding hydrogens is 736 g/mol. The predicted octanol–water partition coefficient (Wildman–Crippen LogP) is 8.85. The first kappa shape index (κ1) is 40.2. The number of rotatable bonds is 13. The van der Waals surface area contributed by atoms with Gasteiger partial charge in [0.1, 0.15) is 49.4 Å². The van der Waals surface area contributed by atoms with Crippen LogP contribution in [0.2, 0.25) is 16.6 Å². The molecule has 1 unspecified atom stereocenters. The van der Waals surface area contributed by atoms with Gasteiger partial charge in [0.05, 0.1) is 28.6 Å². The lowest BCUT2D eigenvalue weighted by Gasteiger charge is -2.38. The molecule has 13 heteroatoms. The number of pyridine rings is 1. The van der Waals surface area contributed by atoms with Gasteiger partial charge in [0, 0.05) is 51.4 Å². The molecular formula is C43H54F3N5O4Si. The molecule has 2 saturated heterocycles. The first-order valence-corrected chi connectivity index (χ1v) is 22.0. The fourth-order valence-corrected chi connectivity index (χ4v) is 14.8. The van der Waals surface area contributed by atoms with E-state index in [2.05, 4.69) is 67.9 Å². The van der Waals surface area contributed by atoms with Gasteiger partial charge in [-0.15, -0.1) is 5.54 Å². The Morgan fingerprint density at radius 2 is 1.77 bits per heavy atom. The Bertz CT molecular complexity index is 2160. The third kappa shape index (κ3) is 7.12. The molecule has 2 aromatic carbocycles. The molecule has 1 saturated carbocycles. The van der Waals surface area contributed by atoms with E-state index in [9.17, 15) is 4.39 Å². The molecule has 0 spiro atoms. The summed E-state index contributed by atoms with van der Waals surface area (Å²) in [6, 6.07) is 6.03. The maximum atomic E-state index is 17.4. The van der Waals surface area contributed by atoms with E-state index in [4.69, 9.17) is 23.9 Å². The van der Waals surface area contributed by atoms with E-state index in [1.54, 1.807) is 37.3 Å². The highest BCUT2D eigenvalue weighted by Gasteiger charge is 2.49. The van der Waals surface area contributed by atoms with Gasteiger partial charge in [-0.2, -0.15) is 9.97 Å². The highest BCUT2D eigenvalue weighted by Crippen LogP contribution is 2.44. The van der Waals surface area contributed by atoms with Gasteiger partial charge < -0.3 is 23.8 Å². The third-order valence-corrected chi connectivity index (χ3v) is 18.9. The number of ether oxygens (including phenoxy) is 4. The van der Waals surface area contributed by atoms with E-state index < -0.39 is 31.9 Å². The summed E-state index contributed by atoms with van der Waals surface area (Å²) >= 11 is 0. The molecule has 2 aromatic heterocycles. The quantitative estimate of drug-likeness (QED) is 0.0750. The van der Waals surface area contributed by atoms with Crippen molar-refractivity contribution in [1.29, 1.82) is 0 Å². The average Bonchev–Trinajstić information content (AvgIpc) is 3.61. The topological polar surface area (TPSA) is 82.1 Å². The monoisotopic (exact) mass is 789 g/mol. The summed E-state index contributed by atoms with van der Waals surface area (Å²) in [4.78, 5) is 18.2. The molecule has 7 rings (SSSR count). The second kappa shape index (κ2) is 15.8. The molecule has 56 heavy (non-hydrogen) atoms. The van der Waals surface area contributed by atoms with E-state index >= 15 is 8.78 Å². The van der Waals surface area contributed by atoms with Crippen molar-refractivity contribution in [1.82, 2.24) is 19.9 Å². The Labute approximate surface area is 329 Å². The number of alkyl halides is 1. The van der Waals surface area contributed by atoms with Crippen molar-refractivity contribution in [3.05, 3.63) is 47.7 Å². The molecule has 0 amide bonds. The minimum absolute atomic E-state index is 0.00876. The van der Waals surface area contributed by atoms with E-state index in [1.807, 2.05) is 0 Å². The number of methoxy groups -OCH3 is 2. The molecule has 0 N–H and O–H groups in total. The summed E-state index contributed by atoms with van der Waals surface area (Å²) in [6.45, 7) is 15.2. The third-order valence-electron chi connectivity index (χ3n) is 12.6. The van der Waals surface area contributed by atoms with Crippen molar-refractivity contribution in [3.8, 4) is 34.5 Å². The van der Waals surface area contributed by atoms with Gasteiger partial charge in [-0.1, -0.05) is 53.5 Å². The van der Waals surface area contributed by atoms with Crippen molar-refractivity contribution in [2.75, 3.05) is 52.7 Å². The summed E-state index contributed by atoms with van der Waals surface area (Å²) in [5, 5.41) is 1.33. The van der Waals surface area contributed by atoms with E-state index in [0.717, 1.165) is 32.4 Å². The molecule has 4 aromatic rings. The highest BCUT2D eigenvalue weighted by atomic mass is 28.3. The Kier molecular flexibility index (Phi) is 11.3. The van der Waals surface area contributed by atoms with Crippen LogP contribution in [0.25, 0.3) is 32.9 Å². The second-order valence-electron chi connectivity index (χ2n) is 16.8. The molecule has 4 heterocycles. The zero-order valence-corrected chi connectivity index (χ0v) is 35.0. The largest absolute Gasteiger partial charge is 0.468 e. The van der Waals surface area contributed by atoms with Crippen LogP contribution in [0.15, 0.2) is 30.5 Å². The van der Waals surface area contributed by atoms with Crippen LogP contribution in [0.5, 0.6) is 11.8 Å². The summed E-state index contributed by atoms with van der Waals surface area (Å²) < 4.78 is 71.3. The summed E-state index contributed by atoms with van der Waals surface area (Å²) in [7, 11) is 2.69. The number of aromatic nitrogens is 3. The summed E-state index contributed by atoms with van der Waals surface area (Å²) in [6.07, 6.45) is 3.70. The van der Waals surface area contributed by atoms with Crippen LogP contribution in [0.3, 0.4) is 0 Å². The van der Waals surface area contributed by atoms with Crippen LogP contribution in [0.1, 0.15) is 72.8 Å². The van der Waals surface area contributed by atoms with Gasteiger partial charge in [0.2, 0.25) is 0 Å². The van der Waals surface area contributed by atoms with Crippen molar-refractivity contribution in [2.45, 2.75) is 108 Å². The number of nitrogens with zero attached hydrogens (tertiary/aromatic N) is 5. The van der Waals surface area contributed by atoms with Crippen LogP contribution >= 0.6 is 0 Å². The van der Waals surface area contributed by atoms with Crippen molar-refractivity contribution >= 4 is 35.6 Å². The lowest BCUT2D eigenvalue weighted by atomic mass is 9.94. The van der Waals surface area contributed by atoms with Crippen LogP contribution in [0.4, 0.5) is 19.0 Å². The Balaban J connectivity index is 1.41. The average molecular weight is 790 g/mol. The van der Waals surface area contributed by atoms with E-state index in [-0.39, 0.29) is 41.2 Å². The summed E-state index contributed by atoms with van der Waals surface area (Å²) in [5.74, 6) is 2.77. The van der Waals surface area contributed by atoms with Gasteiger partial charge in [0.25, 0.3) is 0 Å². The zero-order chi connectivity index (χ0) is 40.1. The molecule has 1 aliphatic carbocycles. The number of anilines is 1. The predicted molar refractivity (Wildman–Crippen MR) is 217 cm³/mol. The maximum Gasteiger partial charge on any atom is 0.319 e. The van der Waals surface area contributed by atoms with Crippen molar-refractivity contribution in [2.24, 2.45) is 0 Å². The van der Waals surface area contributed by atoms with Crippen LogP contribution < -0.4 is 14.4 Å². The Morgan fingerprint density at radius 1 is 1.04 bits per heavy atom. The second-order valence-corrected chi connectivity index (χ2v) is 22.3. The smallest absolute Gasteiger partial charge is 0.319 e. The fraction of sp³-hybridized carbons (Fsp3) is 0.558. The Hall–Kier alpha value is -3.96. The number of fused-ring (bicyclic) bond motifs is 3. The molecule has 4 atom stereocenters. The van der Waals surface area contributed by atoms with E-state index in [0.29, 0.717) is 62.9 Å². The standard InChI is InChI=1S/C43H54F3N5O4Si/c1-25(2)56(26(3)4,27(5)6)16-13-31-34(44)12-11-28-17-29(55-24-52-8)18-32(37(28)31)39-38(46)40-33(21-47-39)41(50(7)36-19-35(36)45)49-42(48-40)54-23-43-14-10-15-51(43)22-30(20-43)53-9/h11-12,17-18,21,25-27,30,35-36H,10,14-15,19-20,22-24H2,1-9H3/t30-,35-,36?,43+/m1/s1. The number of hydrogen-bond acceptors (Lipinski definition) is 9. The zero-order valence-electron chi connectivity index (χ0n) is 34.0. The molecule has 3 fully saturated rings. The minimum atomic E-state index is -2.29. The molecule has 300 valence electrons. The molecule has 3 aliphatic rings. The van der Waals surface area contributed by atoms with Gasteiger partial charge in [-0.05, 0) is 66.0 Å². The number of hydrogen-bond donors (Lipinski definition) is 0.